The van der Waals surface area contributed by atoms with Crippen molar-refractivity contribution in [1.29, 1.82) is 0 Å². The average Bonchev–Trinajstić information content (AvgIpc) is 3.33. The molecule has 1 saturated heterocycles. The van der Waals surface area contributed by atoms with E-state index in [1.165, 1.54) is 17.3 Å². The molecule has 132 valence electrons. The zero-order chi connectivity index (χ0) is 17.8. The van der Waals surface area contributed by atoms with Gasteiger partial charge in [0.15, 0.2) is 5.89 Å². The number of anilines is 1. The minimum absolute atomic E-state index is 0.138. The van der Waals surface area contributed by atoms with Gasteiger partial charge in [-0.1, -0.05) is 54.2 Å². The minimum Gasteiger partial charge on any atom is -0.449 e. The van der Waals surface area contributed by atoms with Crippen molar-refractivity contribution in [3.05, 3.63) is 72.9 Å². The number of carbonyl (C=O) groups is 1. The van der Waals surface area contributed by atoms with Crippen molar-refractivity contribution < 1.29 is 9.21 Å². The number of aryl methyl sites for hydroxylation is 1. The first-order chi connectivity index (χ1) is 12.8. The molecule has 4 nitrogen and oxygen atoms in total. The van der Waals surface area contributed by atoms with Crippen LogP contribution in [-0.4, -0.2) is 22.0 Å². The number of benzene rings is 2. The van der Waals surface area contributed by atoms with E-state index >= 15 is 0 Å². The first kappa shape index (κ1) is 16.9. The van der Waals surface area contributed by atoms with Gasteiger partial charge in [-0.05, 0) is 36.1 Å². The third kappa shape index (κ3) is 3.68. The zero-order valence-electron chi connectivity index (χ0n) is 14.4. The van der Waals surface area contributed by atoms with Crippen LogP contribution in [0.3, 0.4) is 0 Å². The van der Waals surface area contributed by atoms with Crippen LogP contribution >= 0.6 is 11.8 Å². The van der Waals surface area contributed by atoms with E-state index in [4.69, 9.17) is 4.42 Å². The lowest BCUT2D eigenvalue weighted by atomic mass is 10.0. The zero-order valence-corrected chi connectivity index (χ0v) is 15.2. The molecule has 2 heterocycles. The Labute approximate surface area is 157 Å². The van der Waals surface area contributed by atoms with E-state index in [9.17, 15) is 4.79 Å². The summed E-state index contributed by atoms with van der Waals surface area (Å²) in [5.41, 5.74) is 3.32. The molecule has 0 aliphatic carbocycles. The van der Waals surface area contributed by atoms with Crippen LogP contribution in [0, 0.1) is 0 Å². The number of hydrogen-bond donors (Lipinski definition) is 0. The van der Waals surface area contributed by atoms with Gasteiger partial charge < -0.3 is 4.42 Å². The molecule has 0 bridgehead atoms. The molecule has 0 spiro atoms. The molecule has 4 rings (SSSR count). The van der Waals surface area contributed by atoms with Gasteiger partial charge in [0.2, 0.25) is 0 Å². The summed E-state index contributed by atoms with van der Waals surface area (Å²) in [5, 5.41) is 0.138. The molecule has 1 aliphatic rings. The van der Waals surface area contributed by atoms with Crippen LogP contribution in [0.15, 0.2) is 71.5 Å². The van der Waals surface area contributed by atoms with Crippen LogP contribution in [0.4, 0.5) is 10.5 Å². The van der Waals surface area contributed by atoms with Gasteiger partial charge in [-0.3, -0.25) is 9.69 Å². The second-order valence-corrected chi connectivity index (χ2v) is 7.30. The van der Waals surface area contributed by atoms with Crippen LogP contribution in [-0.2, 0) is 6.42 Å². The summed E-state index contributed by atoms with van der Waals surface area (Å²) in [6.07, 6.45) is 5.98. The first-order valence-electron chi connectivity index (χ1n) is 8.81. The van der Waals surface area contributed by atoms with Crippen molar-refractivity contribution >= 4 is 22.7 Å². The molecule has 26 heavy (non-hydrogen) atoms. The van der Waals surface area contributed by atoms with Crippen LogP contribution in [0.2, 0.25) is 0 Å². The van der Waals surface area contributed by atoms with Crippen molar-refractivity contribution in [2.24, 2.45) is 0 Å². The van der Waals surface area contributed by atoms with Crippen molar-refractivity contribution in [1.82, 2.24) is 4.98 Å². The predicted molar refractivity (Wildman–Crippen MR) is 105 cm³/mol. The normalized spacial score (nSPS) is 17.0. The lowest BCUT2D eigenvalue weighted by Crippen LogP contribution is -2.33. The molecule has 0 N–H and O–H groups in total. The number of oxazole rings is 1. The van der Waals surface area contributed by atoms with Gasteiger partial charge in [-0.25, -0.2) is 4.98 Å². The van der Waals surface area contributed by atoms with Gasteiger partial charge in [0.25, 0.3) is 5.24 Å². The highest BCUT2D eigenvalue weighted by molar-refractivity contribution is 8.14. The van der Waals surface area contributed by atoms with E-state index < -0.39 is 0 Å². The summed E-state index contributed by atoms with van der Waals surface area (Å²) in [5.74, 6) is 1.60. The second kappa shape index (κ2) is 7.79. The Morgan fingerprint density at radius 1 is 1.08 bits per heavy atom. The Balaban J connectivity index is 1.44. The number of amides is 1. The summed E-state index contributed by atoms with van der Waals surface area (Å²) in [4.78, 5) is 18.5. The molecule has 1 fully saturated rings. The highest BCUT2D eigenvalue weighted by Crippen LogP contribution is 2.33. The number of thioether (sulfide) groups is 1. The summed E-state index contributed by atoms with van der Waals surface area (Å²) in [6, 6.07) is 18.8. The van der Waals surface area contributed by atoms with Crippen LogP contribution < -0.4 is 4.90 Å². The summed E-state index contributed by atoms with van der Waals surface area (Å²) < 4.78 is 5.29. The number of nitrogens with zero attached hydrogens (tertiary/aromatic N) is 2. The quantitative estimate of drug-likeness (QED) is 0.587. The van der Waals surface area contributed by atoms with E-state index in [1.807, 2.05) is 35.2 Å². The molecular weight excluding hydrogens is 344 g/mol. The maximum Gasteiger partial charge on any atom is 0.286 e. The fourth-order valence-electron chi connectivity index (χ4n) is 3.30. The Bertz CT molecular complexity index is 847. The summed E-state index contributed by atoms with van der Waals surface area (Å²) >= 11 is 1.40. The molecule has 2 aromatic carbocycles. The fraction of sp³-hybridized carbons (Fsp3) is 0.238. The van der Waals surface area contributed by atoms with Crippen LogP contribution in [0.25, 0.3) is 11.1 Å². The standard InChI is InChI=1S/C21H20N2O2S/c24-21-23(19(15-26-21)7-4-8-20-22-13-14-25-20)18-11-9-17(10-12-18)16-5-2-1-3-6-16/h1-3,5-6,9-14,19H,4,7-8,15H2/t19-/m0/s1. The molecular formula is C21H20N2O2S. The molecule has 0 unspecified atom stereocenters. The monoisotopic (exact) mass is 364 g/mol. The predicted octanol–water partition coefficient (Wildman–Crippen LogP) is 5.41. The number of hydrogen-bond acceptors (Lipinski definition) is 4. The molecule has 1 atom stereocenters. The van der Waals surface area contributed by atoms with Gasteiger partial charge in [0, 0.05) is 23.9 Å². The van der Waals surface area contributed by atoms with Gasteiger partial charge in [0.05, 0.1) is 6.20 Å². The topological polar surface area (TPSA) is 46.3 Å². The maximum absolute atomic E-state index is 12.4. The van der Waals surface area contributed by atoms with Crippen molar-refractivity contribution in [3.63, 3.8) is 0 Å². The Morgan fingerprint density at radius 2 is 1.85 bits per heavy atom. The SMILES string of the molecule is O=C1SC[C@H](CCCc2ncco2)N1c1ccc(-c2ccccc2)cc1. The molecule has 5 heteroatoms. The molecule has 1 aromatic heterocycles. The van der Waals surface area contributed by atoms with Gasteiger partial charge in [0.1, 0.15) is 6.26 Å². The van der Waals surface area contributed by atoms with Crippen molar-refractivity contribution in [3.8, 4) is 11.1 Å². The fourth-order valence-corrected chi connectivity index (χ4v) is 4.34. The Morgan fingerprint density at radius 3 is 2.58 bits per heavy atom. The molecule has 0 saturated carbocycles. The minimum atomic E-state index is 0.138. The highest BCUT2D eigenvalue weighted by atomic mass is 32.2. The summed E-state index contributed by atoms with van der Waals surface area (Å²) in [6.45, 7) is 0. The van der Waals surface area contributed by atoms with E-state index in [-0.39, 0.29) is 11.3 Å². The van der Waals surface area contributed by atoms with Crippen molar-refractivity contribution in [2.45, 2.75) is 25.3 Å². The molecule has 3 aromatic rings. The highest BCUT2D eigenvalue weighted by Gasteiger charge is 2.32. The van der Waals surface area contributed by atoms with Gasteiger partial charge in [-0.15, -0.1) is 0 Å². The van der Waals surface area contributed by atoms with E-state index in [0.717, 1.165) is 42.2 Å². The number of aromatic nitrogens is 1. The third-order valence-electron chi connectivity index (χ3n) is 4.63. The first-order valence-corrected chi connectivity index (χ1v) is 9.80. The molecule has 1 aliphatic heterocycles. The third-order valence-corrected chi connectivity index (χ3v) is 5.62. The number of carbonyl (C=O) groups excluding carboxylic acids is 1. The van der Waals surface area contributed by atoms with E-state index in [2.05, 4.69) is 29.2 Å². The molecule has 0 radical (unpaired) electrons. The maximum atomic E-state index is 12.4. The largest absolute Gasteiger partial charge is 0.449 e. The average molecular weight is 364 g/mol. The van der Waals surface area contributed by atoms with E-state index in [1.54, 1.807) is 12.5 Å². The summed E-state index contributed by atoms with van der Waals surface area (Å²) in [7, 11) is 0. The lowest BCUT2D eigenvalue weighted by Gasteiger charge is -2.24. The van der Waals surface area contributed by atoms with Gasteiger partial charge >= 0.3 is 0 Å². The lowest BCUT2D eigenvalue weighted by molar-refractivity contribution is 0.264. The van der Waals surface area contributed by atoms with Crippen LogP contribution in [0.5, 0.6) is 0 Å². The van der Waals surface area contributed by atoms with Crippen molar-refractivity contribution in [2.75, 3.05) is 10.7 Å². The van der Waals surface area contributed by atoms with Gasteiger partial charge in [-0.2, -0.15) is 0 Å². The number of rotatable bonds is 6. The van der Waals surface area contributed by atoms with E-state index in [0.29, 0.717) is 0 Å². The second-order valence-electron chi connectivity index (χ2n) is 6.33. The smallest absolute Gasteiger partial charge is 0.286 e. The Hall–Kier alpha value is -2.53. The Kier molecular flexibility index (Phi) is 5.07. The molecule has 1 amide bonds. The van der Waals surface area contributed by atoms with Crippen LogP contribution in [0.1, 0.15) is 18.7 Å².